The number of nitrogens with zero attached hydrogens (tertiary/aromatic N) is 3. The molecule has 15 heavy (non-hydrogen) atoms. The lowest BCUT2D eigenvalue weighted by Crippen LogP contribution is -2.16. The molecule has 0 spiro atoms. The molecule has 2 aromatic heterocycles. The zero-order chi connectivity index (χ0) is 10.3. The fourth-order valence-electron chi connectivity index (χ4n) is 1.57. The Morgan fingerprint density at radius 2 is 2.40 bits per heavy atom. The normalized spacial score (nSPS) is 16.0. The summed E-state index contributed by atoms with van der Waals surface area (Å²) >= 11 is 0. The fourth-order valence-corrected chi connectivity index (χ4v) is 1.57. The van der Waals surface area contributed by atoms with Gasteiger partial charge in [-0.15, -0.1) is 5.10 Å². The summed E-state index contributed by atoms with van der Waals surface area (Å²) < 4.78 is 1.72. The third-order valence-electron chi connectivity index (χ3n) is 2.56. The van der Waals surface area contributed by atoms with E-state index in [1.54, 1.807) is 4.52 Å². The van der Waals surface area contributed by atoms with Crippen molar-refractivity contribution in [1.82, 2.24) is 19.9 Å². The average molecular weight is 203 g/mol. The van der Waals surface area contributed by atoms with Crippen LogP contribution in [0.25, 0.3) is 5.65 Å². The molecular weight excluding hydrogens is 190 g/mol. The topological polar surface area (TPSA) is 68.2 Å². The van der Waals surface area contributed by atoms with Gasteiger partial charge in [-0.1, -0.05) is 0 Å². The van der Waals surface area contributed by atoms with Crippen molar-refractivity contribution in [3.05, 3.63) is 24.2 Å². The first kappa shape index (κ1) is 8.67. The highest BCUT2D eigenvalue weighted by Crippen LogP contribution is 2.19. The third kappa shape index (κ3) is 1.66. The highest BCUT2D eigenvalue weighted by molar-refractivity contribution is 5.63. The Balaban J connectivity index is 1.88. The maximum atomic E-state index is 5.79. The molecule has 0 saturated heterocycles. The first-order valence-electron chi connectivity index (χ1n) is 5.16. The van der Waals surface area contributed by atoms with E-state index in [1.165, 1.54) is 12.8 Å². The van der Waals surface area contributed by atoms with E-state index in [9.17, 15) is 0 Å². The summed E-state index contributed by atoms with van der Waals surface area (Å²) in [4.78, 5) is 4.38. The van der Waals surface area contributed by atoms with Crippen LogP contribution in [0.15, 0.2) is 18.3 Å². The molecule has 3 rings (SSSR count). The summed E-state index contributed by atoms with van der Waals surface area (Å²) in [5.41, 5.74) is 7.20. The first-order chi connectivity index (χ1) is 7.33. The third-order valence-corrected chi connectivity index (χ3v) is 2.56. The van der Waals surface area contributed by atoms with Crippen LogP contribution in [0, 0.1) is 0 Å². The molecule has 1 saturated carbocycles. The molecule has 1 aliphatic carbocycles. The van der Waals surface area contributed by atoms with Crippen LogP contribution in [0.2, 0.25) is 0 Å². The molecule has 0 unspecified atom stereocenters. The van der Waals surface area contributed by atoms with Crippen molar-refractivity contribution < 1.29 is 0 Å². The predicted molar refractivity (Wildman–Crippen MR) is 57.3 cm³/mol. The van der Waals surface area contributed by atoms with Crippen molar-refractivity contribution in [2.24, 2.45) is 0 Å². The molecule has 3 N–H and O–H groups in total. The molecule has 0 amide bonds. The van der Waals surface area contributed by atoms with Crippen LogP contribution in [0.4, 0.5) is 5.69 Å². The summed E-state index contributed by atoms with van der Waals surface area (Å²) in [5.74, 6) is 0.805. The van der Waals surface area contributed by atoms with Crippen molar-refractivity contribution in [2.45, 2.75) is 25.4 Å². The van der Waals surface area contributed by atoms with E-state index in [0.29, 0.717) is 11.7 Å². The van der Waals surface area contributed by atoms with E-state index in [2.05, 4.69) is 15.4 Å². The zero-order valence-electron chi connectivity index (χ0n) is 8.35. The molecule has 5 nitrogen and oxygen atoms in total. The summed E-state index contributed by atoms with van der Waals surface area (Å²) in [7, 11) is 0. The van der Waals surface area contributed by atoms with Crippen LogP contribution in [0.3, 0.4) is 0 Å². The summed E-state index contributed by atoms with van der Waals surface area (Å²) in [5, 5.41) is 7.71. The Labute approximate surface area is 87.3 Å². The predicted octanol–water partition coefficient (Wildman–Crippen LogP) is 0.563. The molecular formula is C10H13N5. The van der Waals surface area contributed by atoms with Crippen LogP contribution in [0.5, 0.6) is 0 Å². The minimum atomic E-state index is 0.669. The van der Waals surface area contributed by atoms with E-state index in [0.717, 1.165) is 18.0 Å². The van der Waals surface area contributed by atoms with Gasteiger partial charge in [0.05, 0.1) is 12.2 Å². The van der Waals surface area contributed by atoms with Gasteiger partial charge in [0.15, 0.2) is 11.5 Å². The van der Waals surface area contributed by atoms with Crippen LogP contribution < -0.4 is 11.1 Å². The first-order valence-corrected chi connectivity index (χ1v) is 5.16. The van der Waals surface area contributed by atoms with E-state index in [-0.39, 0.29) is 0 Å². The number of nitrogen functional groups attached to an aromatic ring is 1. The van der Waals surface area contributed by atoms with Gasteiger partial charge in [0, 0.05) is 12.2 Å². The van der Waals surface area contributed by atoms with Gasteiger partial charge in [0.25, 0.3) is 0 Å². The van der Waals surface area contributed by atoms with Gasteiger partial charge >= 0.3 is 0 Å². The van der Waals surface area contributed by atoms with Gasteiger partial charge in [-0.2, -0.15) is 0 Å². The molecule has 0 radical (unpaired) electrons. The number of rotatable bonds is 3. The second kappa shape index (κ2) is 3.20. The monoisotopic (exact) mass is 203 g/mol. The fraction of sp³-hybridized carbons (Fsp3) is 0.400. The maximum absolute atomic E-state index is 5.79. The number of hydrogen-bond donors (Lipinski definition) is 2. The van der Waals surface area contributed by atoms with E-state index < -0.39 is 0 Å². The Morgan fingerprint density at radius 1 is 1.53 bits per heavy atom. The number of nitrogens with two attached hydrogens (primary N) is 1. The van der Waals surface area contributed by atoms with Crippen LogP contribution in [-0.4, -0.2) is 20.6 Å². The number of pyridine rings is 1. The van der Waals surface area contributed by atoms with E-state index in [4.69, 9.17) is 5.73 Å². The van der Waals surface area contributed by atoms with Gasteiger partial charge in [-0.25, -0.2) is 9.50 Å². The Bertz CT molecular complexity index is 486. The number of hydrogen-bond acceptors (Lipinski definition) is 4. The van der Waals surface area contributed by atoms with Gasteiger partial charge < -0.3 is 11.1 Å². The van der Waals surface area contributed by atoms with Crippen LogP contribution >= 0.6 is 0 Å². The molecule has 5 heteroatoms. The maximum Gasteiger partial charge on any atom is 0.178 e. The zero-order valence-corrected chi connectivity index (χ0v) is 8.35. The Hall–Kier alpha value is -1.62. The molecule has 2 aromatic rings. The lowest BCUT2D eigenvalue weighted by molar-refractivity contribution is 0.656. The Morgan fingerprint density at radius 3 is 3.13 bits per heavy atom. The SMILES string of the molecule is Nc1cccn2nc(CNC3CC3)nc12. The van der Waals surface area contributed by atoms with Crippen LogP contribution in [0.1, 0.15) is 18.7 Å². The van der Waals surface area contributed by atoms with Gasteiger partial charge in [0.2, 0.25) is 0 Å². The van der Waals surface area contributed by atoms with Crippen molar-refractivity contribution in [3.63, 3.8) is 0 Å². The molecule has 1 aliphatic rings. The lowest BCUT2D eigenvalue weighted by atomic mass is 10.4. The molecule has 0 atom stereocenters. The standard InChI is InChI=1S/C10H13N5/c11-8-2-1-5-15-10(8)13-9(14-15)6-12-7-3-4-7/h1-2,5,7,12H,3-4,6,11H2. The molecule has 78 valence electrons. The lowest BCUT2D eigenvalue weighted by Gasteiger charge is -1.95. The minimum Gasteiger partial charge on any atom is -0.396 e. The van der Waals surface area contributed by atoms with Crippen molar-refractivity contribution in [2.75, 3.05) is 5.73 Å². The van der Waals surface area contributed by atoms with E-state index in [1.807, 2.05) is 18.3 Å². The van der Waals surface area contributed by atoms with Crippen molar-refractivity contribution >= 4 is 11.3 Å². The quantitative estimate of drug-likeness (QED) is 0.765. The van der Waals surface area contributed by atoms with E-state index >= 15 is 0 Å². The smallest absolute Gasteiger partial charge is 0.178 e. The molecule has 2 heterocycles. The Kier molecular flexibility index (Phi) is 1.85. The largest absolute Gasteiger partial charge is 0.396 e. The van der Waals surface area contributed by atoms with Gasteiger partial charge in [-0.3, -0.25) is 0 Å². The number of nitrogens with one attached hydrogen (secondary N) is 1. The number of aromatic nitrogens is 3. The number of fused-ring (bicyclic) bond motifs is 1. The molecule has 0 bridgehead atoms. The van der Waals surface area contributed by atoms with Crippen molar-refractivity contribution in [3.8, 4) is 0 Å². The van der Waals surface area contributed by atoms with Gasteiger partial charge in [-0.05, 0) is 25.0 Å². The summed E-state index contributed by atoms with van der Waals surface area (Å²) in [6.07, 6.45) is 4.41. The second-order valence-electron chi connectivity index (χ2n) is 3.91. The highest BCUT2D eigenvalue weighted by Gasteiger charge is 2.20. The summed E-state index contributed by atoms with van der Waals surface area (Å²) in [6, 6.07) is 4.38. The van der Waals surface area contributed by atoms with Gasteiger partial charge in [0.1, 0.15) is 0 Å². The molecule has 0 aliphatic heterocycles. The second-order valence-corrected chi connectivity index (χ2v) is 3.91. The summed E-state index contributed by atoms with van der Waals surface area (Å²) in [6.45, 7) is 0.728. The number of anilines is 1. The average Bonchev–Trinajstić information content (AvgIpc) is 2.95. The molecule has 0 aromatic carbocycles. The molecule has 1 fully saturated rings. The highest BCUT2D eigenvalue weighted by atomic mass is 15.3. The van der Waals surface area contributed by atoms with Crippen LogP contribution in [-0.2, 0) is 6.54 Å². The van der Waals surface area contributed by atoms with Crippen molar-refractivity contribution in [1.29, 1.82) is 0 Å². The minimum absolute atomic E-state index is 0.669.